The van der Waals surface area contributed by atoms with Gasteiger partial charge >= 0.3 is 0 Å². The number of nitro groups is 1. The number of likely N-dealkylation sites (N-methyl/N-ethyl adjacent to an activating group) is 1. The molecule has 0 bridgehead atoms. The Kier molecular flexibility index (Phi) is 4.29. The minimum Gasteiger partial charge on any atom is -0.334 e. The molecule has 112 valence electrons. The fraction of sp³-hybridized carbons (Fsp3) is 0.385. The van der Waals surface area contributed by atoms with Crippen molar-refractivity contribution in [1.82, 2.24) is 15.0 Å². The van der Waals surface area contributed by atoms with Crippen LogP contribution in [-0.2, 0) is 0 Å². The summed E-state index contributed by atoms with van der Waals surface area (Å²) < 4.78 is 5.19. The Morgan fingerprint density at radius 1 is 1.48 bits per heavy atom. The molecule has 0 amide bonds. The van der Waals surface area contributed by atoms with Gasteiger partial charge in [0.2, 0.25) is 0 Å². The van der Waals surface area contributed by atoms with Crippen molar-refractivity contribution in [1.29, 1.82) is 0 Å². The molecule has 2 rings (SSSR count). The number of benzene rings is 1. The summed E-state index contributed by atoms with van der Waals surface area (Å²) in [6.07, 6.45) is 0. The molecule has 0 saturated carbocycles. The Bertz CT molecular complexity index is 653. The number of hydrogen-bond donors (Lipinski definition) is 1. The number of nitrogens with two attached hydrogens (primary N) is 1. The number of hydrogen-bond acceptors (Lipinski definition) is 7. The monoisotopic (exact) mass is 291 g/mol. The second-order valence-electron chi connectivity index (χ2n) is 5.08. The quantitative estimate of drug-likeness (QED) is 0.656. The highest BCUT2D eigenvalue weighted by Crippen LogP contribution is 2.26. The second kappa shape index (κ2) is 5.98. The summed E-state index contributed by atoms with van der Waals surface area (Å²) in [6.45, 7) is 2.40. The topological polar surface area (TPSA) is 111 Å². The summed E-state index contributed by atoms with van der Waals surface area (Å²) in [6, 6.07) is 4.13. The first kappa shape index (κ1) is 15.1. The zero-order valence-corrected chi connectivity index (χ0v) is 12.1. The van der Waals surface area contributed by atoms with Gasteiger partial charge in [-0.2, -0.15) is 4.98 Å². The highest BCUT2D eigenvalue weighted by Gasteiger charge is 2.19. The molecule has 2 aromatic rings. The van der Waals surface area contributed by atoms with Crippen molar-refractivity contribution in [2.75, 3.05) is 20.6 Å². The molecule has 0 aliphatic carbocycles. The molecular formula is C13H17N5O3. The number of non-ortho nitro benzene ring substituents is 1. The van der Waals surface area contributed by atoms with Crippen LogP contribution in [0.15, 0.2) is 22.7 Å². The molecule has 0 aliphatic heterocycles. The average Bonchev–Trinajstić information content (AvgIpc) is 2.87. The van der Waals surface area contributed by atoms with E-state index >= 15 is 0 Å². The zero-order chi connectivity index (χ0) is 15.6. The van der Waals surface area contributed by atoms with E-state index in [2.05, 4.69) is 10.1 Å². The fourth-order valence-electron chi connectivity index (χ4n) is 1.92. The Balaban J connectivity index is 2.33. The van der Waals surface area contributed by atoms with Crippen molar-refractivity contribution >= 4 is 5.69 Å². The van der Waals surface area contributed by atoms with Crippen LogP contribution in [0.2, 0.25) is 0 Å². The number of aromatic nitrogens is 2. The van der Waals surface area contributed by atoms with E-state index in [9.17, 15) is 10.1 Å². The lowest BCUT2D eigenvalue weighted by atomic mass is 10.1. The van der Waals surface area contributed by atoms with Gasteiger partial charge < -0.3 is 15.2 Å². The molecule has 0 fully saturated rings. The minimum absolute atomic E-state index is 0.0204. The van der Waals surface area contributed by atoms with E-state index < -0.39 is 4.92 Å². The van der Waals surface area contributed by atoms with Gasteiger partial charge in [-0.15, -0.1) is 0 Å². The number of rotatable bonds is 5. The van der Waals surface area contributed by atoms with Gasteiger partial charge in [0.1, 0.15) is 0 Å². The van der Waals surface area contributed by atoms with E-state index in [0.717, 1.165) is 5.56 Å². The maximum absolute atomic E-state index is 10.8. The average molecular weight is 291 g/mol. The van der Waals surface area contributed by atoms with Crippen LogP contribution in [0.25, 0.3) is 11.5 Å². The van der Waals surface area contributed by atoms with Crippen LogP contribution >= 0.6 is 0 Å². The predicted octanol–water partition coefficient (Wildman–Crippen LogP) is 1.51. The van der Waals surface area contributed by atoms with Crippen LogP contribution in [-0.4, -0.2) is 40.6 Å². The summed E-state index contributed by atoms with van der Waals surface area (Å²) in [7, 11) is 3.79. The van der Waals surface area contributed by atoms with E-state index in [1.54, 1.807) is 6.07 Å². The Morgan fingerprint density at radius 3 is 2.81 bits per heavy atom. The van der Waals surface area contributed by atoms with Gasteiger partial charge in [-0.05, 0) is 26.6 Å². The first-order chi connectivity index (χ1) is 9.88. The lowest BCUT2D eigenvalue weighted by Crippen LogP contribution is -2.26. The van der Waals surface area contributed by atoms with Crippen LogP contribution in [0.3, 0.4) is 0 Å². The van der Waals surface area contributed by atoms with E-state index in [0.29, 0.717) is 17.9 Å². The molecule has 0 spiro atoms. The predicted molar refractivity (Wildman–Crippen MR) is 76.6 cm³/mol. The molecule has 0 aliphatic rings. The fourth-order valence-corrected chi connectivity index (χ4v) is 1.92. The molecule has 1 aromatic heterocycles. The van der Waals surface area contributed by atoms with Crippen LogP contribution < -0.4 is 5.73 Å². The molecule has 21 heavy (non-hydrogen) atoms. The van der Waals surface area contributed by atoms with Gasteiger partial charge in [-0.25, -0.2) is 0 Å². The third-order valence-corrected chi connectivity index (χ3v) is 3.00. The second-order valence-corrected chi connectivity index (χ2v) is 5.08. The summed E-state index contributed by atoms with van der Waals surface area (Å²) in [5, 5.41) is 14.7. The molecule has 1 aromatic carbocycles. The van der Waals surface area contributed by atoms with Crippen molar-refractivity contribution in [3.05, 3.63) is 39.7 Å². The van der Waals surface area contributed by atoms with Crippen LogP contribution in [0.5, 0.6) is 0 Å². The van der Waals surface area contributed by atoms with Crippen molar-refractivity contribution < 1.29 is 9.45 Å². The Hall–Kier alpha value is -2.32. The van der Waals surface area contributed by atoms with Gasteiger partial charge in [0.15, 0.2) is 5.82 Å². The molecule has 1 unspecified atom stereocenters. The number of nitrogens with zero attached hydrogens (tertiary/aromatic N) is 4. The van der Waals surface area contributed by atoms with Gasteiger partial charge in [0, 0.05) is 24.2 Å². The molecular weight excluding hydrogens is 274 g/mol. The van der Waals surface area contributed by atoms with Crippen molar-refractivity contribution in [2.24, 2.45) is 5.73 Å². The van der Waals surface area contributed by atoms with Crippen LogP contribution in [0.4, 0.5) is 5.69 Å². The smallest absolute Gasteiger partial charge is 0.270 e. The van der Waals surface area contributed by atoms with Crippen molar-refractivity contribution in [2.45, 2.75) is 13.0 Å². The highest BCUT2D eigenvalue weighted by atomic mass is 16.6. The molecule has 0 radical (unpaired) electrons. The van der Waals surface area contributed by atoms with Crippen molar-refractivity contribution in [3.8, 4) is 11.5 Å². The van der Waals surface area contributed by atoms with Gasteiger partial charge in [-0.3, -0.25) is 10.1 Å². The van der Waals surface area contributed by atoms with E-state index in [1.165, 1.54) is 12.1 Å². The summed E-state index contributed by atoms with van der Waals surface area (Å²) in [5.74, 6) is 0.616. The summed E-state index contributed by atoms with van der Waals surface area (Å²) in [4.78, 5) is 16.5. The molecule has 1 atom stereocenters. The largest absolute Gasteiger partial charge is 0.334 e. The van der Waals surface area contributed by atoms with Crippen LogP contribution in [0, 0.1) is 17.0 Å². The SMILES string of the molecule is Cc1ccc([N+](=O)[O-])cc1-c1nc(C(N)CN(C)C)no1. The van der Waals surface area contributed by atoms with E-state index in [1.807, 2.05) is 25.9 Å². The third-order valence-electron chi connectivity index (χ3n) is 3.00. The number of aryl methyl sites for hydroxylation is 1. The standard InChI is InChI=1S/C13H17N5O3/c1-8-4-5-9(18(19)20)6-10(8)13-15-12(16-21-13)11(14)7-17(2)3/h4-6,11H,7,14H2,1-3H3. The minimum atomic E-state index is -0.460. The van der Waals surface area contributed by atoms with Gasteiger partial charge in [-0.1, -0.05) is 11.2 Å². The maximum Gasteiger partial charge on any atom is 0.270 e. The third kappa shape index (κ3) is 3.41. The molecule has 0 saturated heterocycles. The Labute approximate surface area is 121 Å². The Morgan fingerprint density at radius 2 is 2.19 bits per heavy atom. The molecule has 8 heteroatoms. The lowest BCUT2D eigenvalue weighted by Gasteiger charge is -2.12. The van der Waals surface area contributed by atoms with Crippen LogP contribution in [0.1, 0.15) is 17.4 Å². The number of nitro benzene ring substituents is 1. The zero-order valence-electron chi connectivity index (χ0n) is 12.1. The maximum atomic E-state index is 10.8. The van der Waals surface area contributed by atoms with Gasteiger partial charge in [0.25, 0.3) is 11.6 Å². The highest BCUT2D eigenvalue weighted by molar-refractivity contribution is 5.62. The normalized spacial score (nSPS) is 12.6. The summed E-state index contributed by atoms with van der Waals surface area (Å²) in [5.41, 5.74) is 7.31. The molecule has 2 N–H and O–H groups in total. The van der Waals surface area contributed by atoms with Crippen molar-refractivity contribution in [3.63, 3.8) is 0 Å². The first-order valence-corrected chi connectivity index (χ1v) is 6.38. The van der Waals surface area contributed by atoms with Gasteiger partial charge in [0.05, 0.1) is 11.0 Å². The van der Waals surface area contributed by atoms with E-state index in [4.69, 9.17) is 10.3 Å². The lowest BCUT2D eigenvalue weighted by molar-refractivity contribution is -0.384. The summed E-state index contributed by atoms with van der Waals surface area (Å²) >= 11 is 0. The van der Waals surface area contributed by atoms with E-state index in [-0.39, 0.29) is 17.6 Å². The molecule has 8 nitrogen and oxygen atoms in total. The molecule has 1 heterocycles. The first-order valence-electron chi connectivity index (χ1n) is 6.38.